The lowest BCUT2D eigenvalue weighted by molar-refractivity contribution is 0.575. The van der Waals surface area contributed by atoms with Crippen molar-refractivity contribution in [2.45, 2.75) is 43.0 Å². The third-order valence-electron chi connectivity index (χ3n) is 2.33. The maximum Gasteiger partial charge on any atom is 0.257 e. The summed E-state index contributed by atoms with van der Waals surface area (Å²) in [6.07, 6.45) is 3.99. The minimum atomic E-state index is -3.46. The van der Waals surface area contributed by atoms with Crippen LogP contribution in [-0.4, -0.2) is 29.8 Å². The van der Waals surface area contributed by atoms with Crippen molar-refractivity contribution in [3.05, 3.63) is 12.0 Å². The summed E-state index contributed by atoms with van der Waals surface area (Å²) < 4.78 is 26.3. The number of hydrogen-bond acceptors (Lipinski definition) is 3. The molecule has 5 nitrogen and oxygen atoms in total. The van der Waals surface area contributed by atoms with Crippen LogP contribution < -0.4 is 4.72 Å². The first-order valence-corrected chi connectivity index (χ1v) is 8.07. The molecule has 1 aromatic heterocycles. The Balaban J connectivity index is 2.62. The van der Waals surface area contributed by atoms with E-state index in [9.17, 15) is 8.42 Å². The molecule has 17 heavy (non-hydrogen) atoms. The fraction of sp³-hybridized carbons (Fsp3) is 0.700. The van der Waals surface area contributed by atoms with Gasteiger partial charge in [-0.1, -0.05) is 36.2 Å². The Hall–Kier alpha value is -0.400. The van der Waals surface area contributed by atoms with Crippen LogP contribution in [-0.2, 0) is 16.4 Å². The van der Waals surface area contributed by atoms with Crippen LogP contribution in [0.15, 0.2) is 11.2 Å². The van der Waals surface area contributed by atoms with Gasteiger partial charge in [-0.05, 0) is 6.42 Å². The van der Waals surface area contributed by atoms with Crippen LogP contribution >= 0.6 is 15.9 Å². The molecule has 1 heterocycles. The summed E-state index contributed by atoms with van der Waals surface area (Å²) in [5.74, 6) is 0.675. The van der Waals surface area contributed by atoms with E-state index < -0.39 is 10.0 Å². The summed E-state index contributed by atoms with van der Waals surface area (Å²) in [5, 5.41) is 0.130. The van der Waals surface area contributed by atoms with E-state index in [2.05, 4.69) is 37.5 Å². The van der Waals surface area contributed by atoms with Gasteiger partial charge in [-0.2, -0.15) is 0 Å². The van der Waals surface area contributed by atoms with E-state index in [0.717, 1.165) is 12.8 Å². The molecule has 0 fully saturated rings. The van der Waals surface area contributed by atoms with Gasteiger partial charge in [0.15, 0.2) is 5.03 Å². The molecule has 0 saturated heterocycles. The van der Waals surface area contributed by atoms with Crippen molar-refractivity contribution in [2.24, 2.45) is 0 Å². The Morgan fingerprint density at radius 3 is 2.76 bits per heavy atom. The fourth-order valence-electron chi connectivity index (χ4n) is 1.35. The second-order valence-corrected chi connectivity index (χ2v) is 6.82. The molecule has 0 aliphatic carbocycles. The second kappa shape index (κ2) is 6.51. The van der Waals surface area contributed by atoms with Crippen molar-refractivity contribution >= 4 is 26.0 Å². The van der Waals surface area contributed by atoms with Crippen molar-refractivity contribution in [1.82, 2.24) is 14.7 Å². The molecule has 0 bridgehead atoms. The number of hydrogen-bond donors (Lipinski definition) is 2. The van der Waals surface area contributed by atoms with Gasteiger partial charge in [0, 0.05) is 17.8 Å². The molecular formula is C10H18BrN3O2S. The van der Waals surface area contributed by atoms with Gasteiger partial charge in [-0.25, -0.2) is 18.1 Å². The average molecular weight is 324 g/mol. The Morgan fingerprint density at radius 1 is 1.53 bits per heavy atom. The van der Waals surface area contributed by atoms with Gasteiger partial charge in [0.1, 0.15) is 5.82 Å². The molecule has 0 aliphatic rings. The third-order valence-corrected chi connectivity index (χ3v) is 4.44. The second-order valence-electron chi connectivity index (χ2n) is 3.79. The van der Waals surface area contributed by atoms with Gasteiger partial charge in [0.25, 0.3) is 10.0 Å². The van der Waals surface area contributed by atoms with E-state index in [1.54, 1.807) is 0 Å². The van der Waals surface area contributed by atoms with Crippen LogP contribution in [0, 0.1) is 0 Å². The minimum absolute atomic E-state index is 0.130. The largest absolute Gasteiger partial charge is 0.332 e. The lowest BCUT2D eigenvalue weighted by Crippen LogP contribution is -2.29. The molecule has 2 N–H and O–H groups in total. The molecule has 1 unspecified atom stereocenters. The maximum atomic E-state index is 11.9. The molecule has 0 radical (unpaired) electrons. The van der Waals surface area contributed by atoms with Gasteiger partial charge in [0.2, 0.25) is 0 Å². The number of alkyl halides is 1. The molecule has 7 heteroatoms. The molecule has 0 spiro atoms. The number of halogens is 1. The highest BCUT2D eigenvalue weighted by Crippen LogP contribution is 2.09. The summed E-state index contributed by atoms with van der Waals surface area (Å²) in [5.41, 5.74) is 0. The molecule has 0 amide bonds. The molecule has 0 aliphatic heterocycles. The van der Waals surface area contributed by atoms with E-state index in [1.807, 2.05) is 6.92 Å². The summed E-state index contributed by atoms with van der Waals surface area (Å²) in [6, 6.07) is 0. The van der Waals surface area contributed by atoms with E-state index in [4.69, 9.17) is 0 Å². The number of H-pyrrole nitrogens is 1. The first-order chi connectivity index (χ1) is 7.99. The number of imidazole rings is 1. The van der Waals surface area contributed by atoms with E-state index in [1.165, 1.54) is 6.20 Å². The fourth-order valence-corrected chi connectivity index (χ4v) is 3.21. The molecular weight excluding hydrogens is 306 g/mol. The Bertz CT molecular complexity index is 444. The number of sulfonamides is 1. The van der Waals surface area contributed by atoms with E-state index in [-0.39, 0.29) is 9.85 Å². The van der Waals surface area contributed by atoms with Gasteiger partial charge in [-0.3, -0.25) is 0 Å². The zero-order valence-corrected chi connectivity index (χ0v) is 12.4. The first-order valence-electron chi connectivity index (χ1n) is 5.67. The summed E-state index contributed by atoms with van der Waals surface area (Å²) in [7, 11) is -3.46. The Morgan fingerprint density at radius 2 is 2.24 bits per heavy atom. The highest BCUT2D eigenvalue weighted by Gasteiger charge is 2.17. The van der Waals surface area contributed by atoms with Crippen molar-refractivity contribution < 1.29 is 8.42 Å². The van der Waals surface area contributed by atoms with Crippen LogP contribution in [0.1, 0.15) is 32.5 Å². The van der Waals surface area contributed by atoms with Gasteiger partial charge < -0.3 is 4.98 Å². The normalized spacial score (nSPS) is 13.8. The molecule has 1 aromatic rings. The van der Waals surface area contributed by atoms with Gasteiger partial charge >= 0.3 is 0 Å². The van der Waals surface area contributed by atoms with Gasteiger partial charge in [-0.15, -0.1) is 0 Å². The number of nitrogens with one attached hydrogen (secondary N) is 2. The molecule has 0 aromatic carbocycles. The topological polar surface area (TPSA) is 74.8 Å². The van der Waals surface area contributed by atoms with Crippen LogP contribution in [0.25, 0.3) is 0 Å². The third kappa shape index (κ3) is 4.40. The van der Waals surface area contributed by atoms with E-state index in [0.29, 0.717) is 18.8 Å². The lowest BCUT2D eigenvalue weighted by Gasteiger charge is -2.09. The molecule has 98 valence electrons. The standard InChI is InChI=1S/C10H18BrN3O2S/c1-3-5-8(11)6-13-17(15,16)10-7-12-9(4-2)14-10/h7-8,13H,3-6H2,1-2H3,(H,12,14). The minimum Gasteiger partial charge on any atom is -0.332 e. The molecule has 1 rings (SSSR count). The summed E-state index contributed by atoms with van der Waals surface area (Å²) in [6.45, 7) is 4.36. The van der Waals surface area contributed by atoms with Crippen molar-refractivity contribution in [2.75, 3.05) is 6.54 Å². The quantitative estimate of drug-likeness (QED) is 0.751. The van der Waals surface area contributed by atoms with Crippen LogP contribution in [0.3, 0.4) is 0 Å². The van der Waals surface area contributed by atoms with Crippen LogP contribution in [0.2, 0.25) is 0 Å². The van der Waals surface area contributed by atoms with E-state index >= 15 is 0 Å². The SMILES string of the molecule is CCCC(Br)CNS(=O)(=O)c1cnc(CC)[nH]1. The Labute approximate surface area is 111 Å². The maximum absolute atomic E-state index is 11.9. The average Bonchev–Trinajstić information content (AvgIpc) is 2.76. The first kappa shape index (κ1) is 14.7. The predicted octanol–water partition coefficient (Wildman–Crippen LogP) is 1.81. The summed E-state index contributed by atoms with van der Waals surface area (Å²) >= 11 is 3.43. The van der Waals surface area contributed by atoms with Crippen molar-refractivity contribution in [3.8, 4) is 0 Å². The number of aryl methyl sites for hydroxylation is 1. The van der Waals surface area contributed by atoms with Gasteiger partial charge in [0.05, 0.1) is 6.20 Å². The highest BCUT2D eigenvalue weighted by atomic mass is 79.9. The summed E-state index contributed by atoms with van der Waals surface area (Å²) in [4.78, 5) is 6.92. The molecule has 0 saturated carbocycles. The number of aromatic nitrogens is 2. The zero-order valence-electron chi connectivity index (χ0n) is 10.0. The molecule has 1 atom stereocenters. The van der Waals surface area contributed by atoms with Crippen molar-refractivity contribution in [3.63, 3.8) is 0 Å². The van der Waals surface area contributed by atoms with Crippen LogP contribution in [0.4, 0.5) is 0 Å². The Kier molecular flexibility index (Phi) is 5.61. The predicted molar refractivity (Wildman–Crippen MR) is 70.8 cm³/mol. The number of nitrogens with zero attached hydrogens (tertiary/aromatic N) is 1. The number of rotatable bonds is 7. The lowest BCUT2D eigenvalue weighted by atomic mass is 10.2. The zero-order chi connectivity index (χ0) is 12.9. The number of aromatic amines is 1. The van der Waals surface area contributed by atoms with Crippen molar-refractivity contribution in [1.29, 1.82) is 0 Å². The smallest absolute Gasteiger partial charge is 0.257 e. The van der Waals surface area contributed by atoms with Crippen LogP contribution in [0.5, 0.6) is 0 Å². The monoisotopic (exact) mass is 323 g/mol. The highest BCUT2D eigenvalue weighted by molar-refractivity contribution is 9.09.